The number of halogens is 2. The van der Waals surface area contributed by atoms with Crippen molar-refractivity contribution in [2.24, 2.45) is 0 Å². The predicted molar refractivity (Wildman–Crippen MR) is 129 cm³/mol. The zero-order valence-electron chi connectivity index (χ0n) is 17.6. The summed E-state index contributed by atoms with van der Waals surface area (Å²) in [4.78, 5) is 0. The van der Waals surface area contributed by atoms with Crippen LogP contribution < -0.4 is 10.6 Å². The molecule has 11 heteroatoms. The van der Waals surface area contributed by atoms with Crippen LogP contribution in [0, 0.1) is 12.7 Å². The maximum atomic E-state index is 13.1. The molecule has 0 aliphatic carbocycles. The first-order valence-corrected chi connectivity index (χ1v) is 11.2. The Balaban J connectivity index is 1.35. The van der Waals surface area contributed by atoms with Gasteiger partial charge in [0.2, 0.25) is 0 Å². The average Bonchev–Trinajstić information content (AvgIpc) is 3.44. The smallest absolute Gasteiger partial charge is 0.176 e. The maximum absolute atomic E-state index is 13.1. The van der Waals surface area contributed by atoms with Crippen LogP contribution in [-0.2, 0) is 19.6 Å². The van der Waals surface area contributed by atoms with Crippen LogP contribution in [-0.4, -0.2) is 34.5 Å². The minimum Gasteiger partial charge on any atom is -0.330 e. The third-order valence-corrected chi connectivity index (χ3v) is 5.72. The second-order valence-corrected chi connectivity index (χ2v) is 8.49. The lowest BCUT2D eigenvalue weighted by Crippen LogP contribution is -2.19. The Kier molecular flexibility index (Phi) is 6.66. The van der Waals surface area contributed by atoms with E-state index < -0.39 is 0 Å². The van der Waals surface area contributed by atoms with E-state index in [1.807, 2.05) is 28.0 Å². The van der Waals surface area contributed by atoms with E-state index in [0.717, 1.165) is 33.5 Å². The van der Waals surface area contributed by atoms with Gasteiger partial charge in [0.25, 0.3) is 0 Å². The molecular formula is C21H22BrFN8S. The molecule has 2 N–H and O–H groups in total. The summed E-state index contributed by atoms with van der Waals surface area (Å²) in [5, 5.41) is 19.9. The van der Waals surface area contributed by atoms with E-state index in [1.54, 1.807) is 23.0 Å². The predicted octanol–water partition coefficient (Wildman–Crippen LogP) is 4.41. The Morgan fingerprint density at radius 1 is 1.06 bits per heavy atom. The van der Waals surface area contributed by atoms with Crippen LogP contribution >= 0.6 is 28.1 Å². The van der Waals surface area contributed by atoms with Crippen molar-refractivity contribution >= 4 is 44.8 Å². The molecule has 32 heavy (non-hydrogen) atoms. The van der Waals surface area contributed by atoms with E-state index >= 15 is 0 Å². The van der Waals surface area contributed by atoms with Gasteiger partial charge in [0, 0.05) is 30.2 Å². The first-order valence-electron chi connectivity index (χ1n) is 10.0. The van der Waals surface area contributed by atoms with Gasteiger partial charge in [0.1, 0.15) is 5.82 Å². The first-order chi connectivity index (χ1) is 15.4. The Morgan fingerprint density at radius 2 is 1.84 bits per heavy atom. The van der Waals surface area contributed by atoms with E-state index in [9.17, 15) is 4.39 Å². The van der Waals surface area contributed by atoms with Crippen molar-refractivity contribution < 1.29 is 4.39 Å². The van der Waals surface area contributed by atoms with Gasteiger partial charge in [0.05, 0.1) is 35.6 Å². The summed E-state index contributed by atoms with van der Waals surface area (Å²) in [6.45, 7) is 6.11. The van der Waals surface area contributed by atoms with E-state index in [4.69, 9.17) is 12.2 Å². The van der Waals surface area contributed by atoms with Gasteiger partial charge in [-0.2, -0.15) is 15.3 Å². The van der Waals surface area contributed by atoms with E-state index in [1.165, 1.54) is 12.1 Å². The van der Waals surface area contributed by atoms with Gasteiger partial charge < -0.3 is 10.6 Å². The van der Waals surface area contributed by atoms with Crippen LogP contribution in [0.3, 0.4) is 0 Å². The van der Waals surface area contributed by atoms with Crippen molar-refractivity contribution in [2.75, 3.05) is 10.6 Å². The van der Waals surface area contributed by atoms with Crippen molar-refractivity contribution in [3.8, 4) is 0 Å². The van der Waals surface area contributed by atoms with Crippen LogP contribution in [0.5, 0.6) is 0 Å². The normalized spacial score (nSPS) is 11.0. The number of rotatable bonds is 7. The Labute approximate surface area is 198 Å². The highest BCUT2D eigenvalue weighted by atomic mass is 79.9. The Morgan fingerprint density at radius 3 is 2.56 bits per heavy atom. The van der Waals surface area contributed by atoms with E-state index in [-0.39, 0.29) is 5.82 Å². The topological polar surface area (TPSA) is 77.5 Å². The number of anilines is 2. The molecule has 0 fully saturated rings. The van der Waals surface area contributed by atoms with Gasteiger partial charge in [-0.1, -0.05) is 12.1 Å². The molecule has 166 valence electrons. The zero-order valence-corrected chi connectivity index (χ0v) is 20.0. The highest BCUT2D eigenvalue weighted by molar-refractivity contribution is 9.10. The summed E-state index contributed by atoms with van der Waals surface area (Å²) in [6.07, 6.45) is 7.32. The van der Waals surface area contributed by atoms with Crippen LogP contribution in [0.2, 0.25) is 0 Å². The largest absolute Gasteiger partial charge is 0.330 e. The summed E-state index contributed by atoms with van der Waals surface area (Å²) in [7, 11) is 0. The fraction of sp³-hybridized carbons (Fsp3) is 0.238. The summed E-state index contributed by atoms with van der Waals surface area (Å²) < 4.78 is 19.4. The van der Waals surface area contributed by atoms with Crippen LogP contribution in [0.25, 0.3) is 0 Å². The molecule has 3 heterocycles. The average molecular weight is 517 g/mol. The molecule has 0 saturated carbocycles. The van der Waals surface area contributed by atoms with Gasteiger partial charge in [-0.05, 0) is 59.7 Å². The lowest BCUT2D eigenvalue weighted by Gasteiger charge is -2.07. The highest BCUT2D eigenvalue weighted by Gasteiger charge is 2.11. The van der Waals surface area contributed by atoms with Crippen LogP contribution in [0.15, 0.2) is 53.5 Å². The third-order valence-electron chi connectivity index (χ3n) is 4.93. The fourth-order valence-electron chi connectivity index (χ4n) is 3.26. The highest BCUT2D eigenvalue weighted by Crippen LogP contribution is 2.21. The second kappa shape index (κ2) is 9.61. The van der Waals surface area contributed by atoms with Crippen molar-refractivity contribution in [3.05, 3.63) is 76.2 Å². The van der Waals surface area contributed by atoms with Crippen molar-refractivity contribution in [3.63, 3.8) is 0 Å². The number of nitrogens with one attached hydrogen (secondary N) is 2. The van der Waals surface area contributed by atoms with Crippen molar-refractivity contribution in [1.82, 2.24) is 29.3 Å². The number of benzene rings is 1. The molecular weight excluding hydrogens is 495 g/mol. The van der Waals surface area contributed by atoms with E-state index in [2.05, 4.69) is 55.7 Å². The third kappa shape index (κ3) is 5.22. The van der Waals surface area contributed by atoms with Crippen LogP contribution in [0.1, 0.15) is 23.7 Å². The minimum absolute atomic E-state index is 0.260. The molecule has 4 rings (SSSR count). The molecule has 0 amide bonds. The van der Waals surface area contributed by atoms with Gasteiger partial charge in [-0.3, -0.25) is 14.0 Å². The summed E-state index contributed by atoms with van der Waals surface area (Å²) >= 11 is 8.92. The van der Waals surface area contributed by atoms with Gasteiger partial charge in [0.15, 0.2) is 10.9 Å². The SMILES string of the molecule is CCn1ncc(Cn2cc(NC(=S)Nc3nn(Cc4ccc(F)cc4)cc3Br)cn2)c1C. The summed E-state index contributed by atoms with van der Waals surface area (Å²) in [5.74, 6) is 0.322. The first kappa shape index (κ1) is 22.2. The quantitative estimate of drug-likeness (QED) is 0.354. The number of aromatic nitrogens is 6. The standard InChI is InChI=1S/C21H22BrFN8S/c1-3-31-14(2)16(8-25-31)11-29-12-18(9-24-29)26-21(32)27-20-19(22)13-30(28-20)10-15-4-6-17(23)7-5-15/h4-9,12-13H,3,10-11H2,1-2H3,(H2,26,27,28,32). The molecule has 8 nitrogen and oxygen atoms in total. The second-order valence-electron chi connectivity index (χ2n) is 7.23. The Bertz CT molecular complexity index is 1230. The summed E-state index contributed by atoms with van der Waals surface area (Å²) in [6, 6.07) is 6.33. The molecule has 0 unspecified atom stereocenters. The molecule has 0 aliphatic heterocycles. The number of nitrogens with zero attached hydrogens (tertiary/aromatic N) is 6. The molecule has 1 aromatic carbocycles. The van der Waals surface area contributed by atoms with Gasteiger partial charge in [-0.25, -0.2) is 4.39 Å². The Hall–Kier alpha value is -3.05. The molecule has 3 aromatic heterocycles. The van der Waals surface area contributed by atoms with E-state index in [0.29, 0.717) is 24.0 Å². The summed E-state index contributed by atoms with van der Waals surface area (Å²) in [5.41, 5.74) is 3.97. The fourth-order valence-corrected chi connectivity index (χ4v) is 3.89. The lowest BCUT2D eigenvalue weighted by molar-refractivity contribution is 0.624. The number of hydrogen-bond donors (Lipinski definition) is 2. The van der Waals surface area contributed by atoms with Crippen molar-refractivity contribution in [2.45, 2.75) is 33.5 Å². The number of hydrogen-bond acceptors (Lipinski definition) is 4. The molecule has 0 aliphatic rings. The molecule has 4 aromatic rings. The lowest BCUT2D eigenvalue weighted by atomic mass is 10.2. The molecule has 0 saturated heterocycles. The van der Waals surface area contributed by atoms with Crippen LogP contribution in [0.4, 0.5) is 15.9 Å². The molecule has 0 bridgehead atoms. The zero-order chi connectivity index (χ0) is 22.7. The number of aryl methyl sites for hydroxylation is 1. The van der Waals surface area contributed by atoms with Crippen molar-refractivity contribution in [1.29, 1.82) is 0 Å². The molecule has 0 atom stereocenters. The van der Waals surface area contributed by atoms with Gasteiger partial charge >= 0.3 is 0 Å². The molecule has 0 radical (unpaired) electrons. The molecule has 0 spiro atoms. The number of thiocarbonyl (C=S) groups is 1. The maximum Gasteiger partial charge on any atom is 0.176 e. The minimum atomic E-state index is -0.260. The van der Waals surface area contributed by atoms with Gasteiger partial charge in [-0.15, -0.1) is 0 Å². The monoisotopic (exact) mass is 516 g/mol.